The molecule has 0 aliphatic rings. The summed E-state index contributed by atoms with van der Waals surface area (Å²) in [5.41, 5.74) is 1.15. The molecule has 0 saturated carbocycles. The number of aryl methyl sites for hydroxylation is 1. The zero-order valence-corrected chi connectivity index (χ0v) is 20.2. The van der Waals surface area contributed by atoms with Crippen molar-refractivity contribution in [2.24, 2.45) is 0 Å². The van der Waals surface area contributed by atoms with E-state index in [9.17, 15) is 16.8 Å². The lowest BCUT2D eigenvalue weighted by molar-refractivity contribution is 0.416. The third-order valence-corrected chi connectivity index (χ3v) is 8.49. The molecule has 0 fully saturated rings. The fourth-order valence-electron chi connectivity index (χ4n) is 3.26. The molecule has 0 heterocycles. The lowest BCUT2D eigenvalue weighted by atomic mass is 10.1. The maximum absolute atomic E-state index is 12.9. The summed E-state index contributed by atoms with van der Waals surface area (Å²) < 4.78 is 60.5. The second-order valence-electron chi connectivity index (χ2n) is 7.16. The Balaban J connectivity index is 2.33. The van der Waals surface area contributed by atoms with Gasteiger partial charge in [-0.2, -0.15) is 4.31 Å². The van der Waals surface area contributed by atoms with Crippen LogP contribution in [0.1, 0.15) is 45.6 Å². The number of anilines is 1. The SMILES string of the molecule is CCCCCc1ccc(S(=O)(=O)Nc2cc(S(=O)(=O)N(CC)CC)ccc2OC)cc1. The van der Waals surface area contributed by atoms with Crippen LogP contribution in [-0.4, -0.2) is 41.3 Å². The van der Waals surface area contributed by atoms with Crippen LogP contribution in [0.2, 0.25) is 0 Å². The molecular formula is C22H32N2O5S2. The first-order valence-corrected chi connectivity index (χ1v) is 13.4. The molecule has 7 nitrogen and oxygen atoms in total. The van der Waals surface area contributed by atoms with E-state index in [2.05, 4.69) is 11.6 Å². The van der Waals surface area contributed by atoms with Crippen LogP contribution < -0.4 is 9.46 Å². The summed E-state index contributed by atoms with van der Waals surface area (Å²) in [6.07, 6.45) is 4.22. The minimum atomic E-state index is -3.92. The second-order valence-corrected chi connectivity index (χ2v) is 10.8. The van der Waals surface area contributed by atoms with E-state index in [-0.39, 0.29) is 21.2 Å². The second kappa shape index (κ2) is 11.0. The third-order valence-electron chi connectivity index (χ3n) is 5.06. The van der Waals surface area contributed by atoms with Crippen LogP contribution in [0.15, 0.2) is 52.3 Å². The average Bonchev–Trinajstić information content (AvgIpc) is 2.74. The van der Waals surface area contributed by atoms with Gasteiger partial charge in [0, 0.05) is 13.1 Å². The molecule has 2 rings (SSSR count). The van der Waals surface area contributed by atoms with Crippen LogP contribution >= 0.6 is 0 Å². The number of hydrogen-bond donors (Lipinski definition) is 1. The summed E-state index contributed by atoms with van der Waals surface area (Å²) in [6, 6.07) is 10.9. The van der Waals surface area contributed by atoms with E-state index in [0.717, 1.165) is 31.2 Å². The molecule has 0 saturated heterocycles. The Hall–Kier alpha value is -2.10. The van der Waals surface area contributed by atoms with Gasteiger partial charge >= 0.3 is 0 Å². The highest BCUT2D eigenvalue weighted by Gasteiger charge is 2.24. The van der Waals surface area contributed by atoms with E-state index in [0.29, 0.717) is 13.1 Å². The van der Waals surface area contributed by atoms with Crippen molar-refractivity contribution in [1.82, 2.24) is 4.31 Å². The van der Waals surface area contributed by atoms with Crippen molar-refractivity contribution in [1.29, 1.82) is 0 Å². The van der Waals surface area contributed by atoms with E-state index in [1.165, 1.54) is 29.6 Å². The van der Waals surface area contributed by atoms with E-state index < -0.39 is 20.0 Å². The van der Waals surface area contributed by atoms with Crippen molar-refractivity contribution in [3.63, 3.8) is 0 Å². The Morgan fingerprint density at radius 3 is 2.03 bits per heavy atom. The van der Waals surface area contributed by atoms with Crippen molar-refractivity contribution in [3.05, 3.63) is 48.0 Å². The molecule has 0 aliphatic carbocycles. The monoisotopic (exact) mass is 468 g/mol. The third kappa shape index (κ3) is 6.21. The summed E-state index contributed by atoms with van der Waals surface area (Å²) in [5, 5.41) is 0. The predicted octanol–water partition coefficient (Wildman–Crippen LogP) is 4.26. The number of rotatable bonds is 12. The van der Waals surface area contributed by atoms with Gasteiger partial charge in [-0.1, -0.05) is 45.7 Å². The molecule has 2 aromatic rings. The van der Waals surface area contributed by atoms with Gasteiger partial charge in [0.25, 0.3) is 10.0 Å². The lowest BCUT2D eigenvalue weighted by Gasteiger charge is -2.20. The number of nitrogens with one attached hydrogen (secondary N) is 1. The maximum atomic E-state index is 12.9. The summed E-state index contributed by atoms with van der Waals surface area (Å²) in [5.74, 6) is 0.234. The highest BCUT2D eigenvalue weighted by atomic mass is 32.2. The summed E-state index contributed by atoms with van der Waals surface area (Å²) >= 11 is 0. The van der Waals surface area contributed by atoms with Gasteiger partial charge in [0.05, 0.1) is 22.6 Å². The van der Waals surface area contributed by atoms with Crippen LogP contribution in [-0.2, 0) is 26.5 Å². The molecule has 0 atom stereocenters. The maximum Gasteiger partial charge on any atom is 0.262 e. The molecule has 0 spiro atoms. The molecule has 0 amide bonds. The molecule has 2 aromatic carbocycles. The minimum absolute atomic E-state index is 0.000900. The van der Waals surface area contributed by atoms with Crippen LogP contribution in [0.25, 0.3) is 0 Å². The Kier molecular flexibility index (Phi) is 8.90. The molecule has 0 unspecified atom stereocenters. The fourth-order valence-corrected chi connectivity index (χ4v) is 5.80. The molecule has 0 radical (unpaired) electrons. The zero-order chi connectivity index (χ0) is 23.1. The molecule has 31 heavy (non-hydrogen) atoms. The van der Waals surface area contributed by atoms with Gasteiger partial charge in [0.15, 0.2) is 0 Å². The number of unbranched alkanes of at least 4 members (excludes halogenated alkanes) is 2. The number of ether oxygens (including phenoxy) is 1. The van der Waals surface area contributed by atoms with Crippen LogP contribution in [0.5, 0.6) is 5.75 Å². The van der Waals surface area contributed by atoms with Gasteiger partial charge in [-0.05, 0) is 48.7 Å². The molecule has 1 N–H and O–H groups in total. The summed E-state index contributed by atoms with van der Waals surface area (Å²) in [7, 11) is -6.26. The molecule has 0 bridgehead atoms. The van der Waals surface area contributed by atoms with Gasteiger partial charge in [0.1, 0.15) is 5.75 Å². The Morgan fingerprint density at radius 1 is 0.871 bits per heavy atom. The highest BCUT2D eigenvalue weighted by molar-refractivity contribution is 7.92. The van der Waals surface area contributed by atoms with E-state index in [1.54, 1.807) is 26.0 Å². The normalized spacial score (nSPS) is 12.2. The van der Waals surface area contributed by atoms with Crippen molar-refractivity contribution in [2.45, 2.75) is 56.2 Å². The van der Waals surface area contributed by atoms with Crippen LogP contribution in [0.4, 0.5) is 5.69 Å². The number of methoxy groups -OCH3 is 1. The van der Waals surface area contributed by atoms with E-state index in [4.69, 9.17) is 4.74 Å². The van der Waals surface area contributed by atoms with Gasteiger partial charge in [-0.3, -0.25) is 4.72 Å². The predicted molar refractivity (Wildman–Crippen MR) is 124 cm³/mol. The molecular weight excluding hydrogens is 436 g/mol. The van der Waals surface area contributed by atoms with Gasteiger partial charge in [-0.15, -0.1) is 0 Å². The van der Waals surface area contributed by atoms with Crippen LogP contribution in [0.3, 0.4) is 0 Å². The fraction of sp³-hybridized carbons (Fsp3) is 0.455. The topological polar surface area (TPSA) is 92.8 Å². The standard InChI is InChI=1S/C22H32N2O5S2/c1-5-8-9-10-18-11-13-19(14-12-18)30(25,26)23-21-17-20(15-16-22(21)29-4)31(27,28)24(6-2)7-3/h11-17,23H,5-10H2,1-4H3. The van der Waals surface area contributed by atoms with E-state index in [1.807, 2.05) is 12.1 Å². The van der Waals surface area contributed by atoms with Gasteiger partial charge in [0.2, 0.25) is 10.0 Å². The first kappa shape index (κ1) is 25.2. The molecule has 0 aromatic heterocycles. The first-order chi connectivity index (χ1) is 14.7. The Morgan fingerprint density at radius 2 is 1.48 bits per heavy atom. The zero-order valence-electron chi connectivity index (χ0n) is 18.6. The Bertz CT molecular complexity index is 1060. The Labute approximate surface area is 186 Å². The van der Waals surface area contributed by atoms with E-state index >= 15 is 0 Å². The number of sulfonamides is 2. The molecule has 0 aliphatic heterocycles. The number of hydrogen-bond acceptors (Lipinski definition) is 5. The molecule has 172 valence electrons. The van der Waals surface area contributed by atoms with Crippen molar-refractivity contribution >= 4 is 25.7 Å². The van der Waals surface area contributed by atoms with Crippen molar-refractivity contribution in [2.75, 3.05) is 24.9 Å². The van der Waals surface area contributed by atoms with Crippen molar-refractivity contribution < 1.29 is 21.6 Å². The smallest absolute Gasteiger partial charge is 0.262 e. The quantitative estimate of drug-likeness (QED) is 0.470. The van der Waals surface area contributed by atoms with Gasteiger partial charge < -0.3 is 4.74 Å². The number of nitrogens with zero attached hydrogens (tertiary/aromatic N) is 1. The summed E-state index contributed by atoms with van der Waals surface area (Å²) in [4.78, 5) is 0.103. The molecule has 9 heteroatoms. The summed E-state index contributed by atoms with van der Waals surface area (Å²) in [6.45, 7) is 6.27. The lowest BCUT2D eigenvalue weighted by Crippen LogP contribution is -2.30. The minimum Gasteiger partial charge on any atom is -0.495 e. The van der Waals surface area contributed by atoms with Crippen molar-refractivity contribution in [3.8, 4) is 5.75 Å². The largest absolute Gasteiger partial charge is 0.495 e. The van der Waals surface area contributed by atoms with Crippen LogP contribution in [0, 0.1) is 0 Å². The highest BCUT2D eigenvalue weighted by Crippen LogP contribution is 2.31. The first-order valence-electron chi connectivity index (χ1n) is 10.5. The number of benzene rings is 2. The van der Waals surface area contributed by atoms with Gasteiger partial charge in [-0.25, -0.2) is 16.8 Å². The average molecular weight is 469 g/mol.